The molecule has 348 valence electrons. The van der Waals surface area contributed by atoms with Crippen molar-refractivity contribution in [1.82, 2.24) is 0 Å². The fourth-order valence-corrected chi connectivity index (χ4v) is 8.22. The van der Waals surface area contributed by atoms with Crippen molar-refractivity contribution in [3.8, 4) is 0 Å². The molecule has 0 heterocycles. The summed E-state index contributed by atoms with van der Waals surface area (Å²) in [6.45, 7) is 5.49. The van der Waals surface area contributed by atoms with Crippen molar-refractivity contribution >= 4 is 13.8 Å². The first-order valence-corrected chi connectivity index (χ1v) is 26.7. The maximum absolute atomic E-state index is 12.7. The number of rotatable bonds is 48. The van der Waals surface area contributed by atoms with Crippen LogP contribution in [-0.4, -0.2) is 70.7 Å². The second kappa shape index (κ2) is 43.2. The Bertz CT molecular complexity index is 899. The summed E-state index contributed by atoms with van der Waals surface area (Å²) in [5, 5.41) is 0. The van der Waals surface area contributed by atoms with Gasteiger partial charge in [0.1, 0.15) is 19.3 Å². The first kappa shape index (κ1) is 57.5. The summed E-state index contributed by atoms with van der Waals surface area (Å²) >= 11 is 0. The first-order valence-electron chi connectivity index (χ1n) is 25.3. The van der Waals surface area contributed by atoms with Crippen molar-refractivity contribution in [2.45, 2.75) is 258 Å². The van der Waals surface area contributed by atoms with E-state index < -0.39 is 13.9 Å². The van der Waals surface area contributed by atoms with Crippen molar-refractivity contribution < 1.29 is 37.3 Å². The number of ether oxygens (including phenoxy) is 2. The Morgan fingerprint density at radius 2 is 0.793 bits per heavy atom. The fraction of sp³-hybridized carbons (Fsp3) is 0.980. The van der Waals surface area contributed by atoms with Gasteiger partial charge in [-0.25, -0.2) is 0 Å². The summed E-state index contributed by atoms with van der Waals surface area (Å²) in [6, 6.07) is 0. The summed E-state index contributed by atoms with van der Waals surface area (Å²) in [5.74, 6) is -0.326. The van der Waals surface area contributed by atoms with E-state index in [1.54, 1.807) is 0 Å². The van der Waals surface area contributed by atoms with Gasteiger partial charge in [-0.2, -0.15) is 0 Å². The SMILES string of the molecule is CCCCCCCCCCCCCCCCCCCCCCCOCC(COP(=O)([O-])OCC[N+](C)(C)C)OC(=O)CCCCCCCCCCCCCCCCC. The summed E-state index contributed by atoms with van der Waals surface area (Å²) in [6.07, 6.45) is 46.9. The predicted octanol–water partition coefficient (Wildman–Crippen LogP) is 14.6. The van der Waals surface area contributed by atoms with Gasteiger partial charge >= 0.3 is 5.97 Å². The number of esters is 1. The van der Waals surface area contributed by atoms with Gasteiger partial charge in [-0.3, -0.25) is 9.36 Å². The van der Waals surface area contributed by atoms with Crippen LogP contribution in [0.25, 0.3) is 0 Å². The van der Waals surface area contributed by atoms with Crippen LogP contribution in [0.5, 0.6) is 0 Å². The Labute approximate surface area is 361 Å². The van der Waals surface area contributed by atoms with Crippen LogP contribution in [0.3, 0.4) is 0 Å². The van der Waals surface area contributed by atoms with E-state index in [-0.39, 0.29) is 25.8 Å². The van der Waals surface area contributed by atoms with Crippen LogP contribution in [0.15, 0.2) is 0 Å². The molecule has 8 nitrogen and oxygen atoms in total. The zero-order valence-corrected chi connectivity index (χ0v) is 40.4. The third kappa shape index (κ3) is 46.6. The quantitative estimate of drug-likeness (QED) is 0.0260. The number of unbranched alkanes of at least 4 members (excludes halogenated alkanes) is 34. The van der Waals surface area contributed by atoms with Gasteiger partial charge in [0.05, 0.1) is 34.4 Å². The maximum atomic E-state index is 12.7. The molecule has 9 heteroatoms. The number of likely N-dealkylation sites (N-methyl/N-ethyl adjacent to an activating group) is 1. The summed E-state index contributed by atoms with van der Waals surface area (Å²) in [7, 11) is 1.38. The number of quaternary nitrogens is 1. The van der Waals surface area contributed by atoms with Crippen molar-refractivity contribution in [3.63, 3.8) is 0 Å². The highest BCUT2D eigenvalue weighted by Gasteiger charge is 2.20. The third-order valence-corrected chi connectivity index (χ3v) is 12.4. The molecule has 0 aromatic carbocycles. The zero-order chi connectivity index (χ0) is 42.7. The van der Waals surface area contributed by atoms with Crippen LogP contribution in [0.2, 0.25) is 0 Å². The highest BCUT2D eigenvalue weighted by Crippen LogP contribution is 2.38. The maximum Gasteiger partial charge on any atom is 0.306 e. The molecule has 0 amide bonds. The monoisotopic (exact) mass is 846 g/mol. The van der Waals surface area contributed by atoms with Gasteiger partial charge in [0.15, 0.2) is 0 Å². The average molecular weight is 846 g/mol. The molecule has 0 aliphatic rings. The zero-order valence-electron chi connectivity index (χ0n) is 39.5. The first-order chi connectivity index (χ1) is 28.1. The lowest BCUT2D eigenvalue weighted by atomic mass is 10.0. The molecule has 0 radical (unpaired) electrons. The molecular formula is C49H100NO7P. The van der Waals surface area contributed by atoms with Crippen molar-refractivity contribution in [2.24, 2.45) is 0 Å². The normalized spacial score (nSPS) is 13.6. The van der Waals surface area contributed by atoms with Crippen molar-refractivity contribution in [2.75, 3.05) is 54.1 Å². The number of nitrogens with zero attached hydrogens (tertiary/aromatic N) is 1. The predicted molar refractivity (Wildman–Crippen MR) is 245 cm³/mol. The molecule has 0 saturated heterocycles. The van der Waals surface area contributed by atoms with Crippen LogP contribution >= 0.6 is 7.82 Å². The van der Waals surface area contributed by atoms with Gasteiger partial charge < -0.3 is 27.9 Å². The van der Waals surface area contributed by atoms with Crippen LogP contribution in [0.1, 0.15) is 251 Å². The molecule has 2 unspecified atom stereocenters. The van der Waals surface area contributed by atoms with E-state index in [9.17, 15) is 14.3 Å². The number of hydrogen-bond acceptors (Lipinski definition) is 7. The topological polar surface area (TPSA) is 94.1 Å². The van der Waals surface area contributed by atoms with Gasteiger partial charge in [0.25, 0.3) is 7.82 Å². The van der Waals surface area contributed by atoms with Gasteiger partial charge in [-0.05, 0) is 12.8 Å². The number of phosphoric ester groups is 1. The fourth-order valence-electron chi connectivity index (χ4n) is 7.49. The Kier molecular flexibility index (Phi) is 42.8. The Hall–Kier alpha value is -0.500. The minimum atomic E-state index is -4.52. The largest absolute Gasteiger partial charge is 0.756 e. The third-order valence-electron chi connectivity index (χ3n) is 11.4. The standard InChI is InChI=1S/C49H100NO7P/c1-6-8-10-12-14-16-18-20-22-23-24-25-26-27-29-31-33-35-37-39-41-44-54-46-48(47-56-58(52,53)55-45-43-50(3,4)5)57-49(51)42-40-38-36-34-32-30-28-21-19-17-15-13-11-9-7-2/h48H,6-47H2,1-5H3. The van der Waals surface area contributed by atoms with E-state index in [2.05, 4.69) is 13.8 Å². The number of hydrogen-bond donors (Lipinski definition) is 0. The lowest BCUT2D eigenvalue weighted by Gasteiger charge is -2.28. The number of carbonyl (C=O) groups is 1. The Morgan fingerprint density at radius 1 is 0.466 bits per heavy atom. The molecule has 0 aromatic rings. The van der Waals surface area contributed by atoms with E-state index in [0.29, 0.717) is 24.1 Å². The molecule has 0 rings (SSSR count). The highest BCUT2D eigenvalue weighted by molar-refractivity contribution is 7.45. The molecule has 0 aromatic heterocycles. The van der Waals surface area contributed by atoms with E-state index in [1.165, 1.54) is 199 Å². The molecular weight excluding hydrogens is 746 g/mol. The summed E-state index contributed by atoms with van der Waals surface area (Å²) in [4.78, 5) is 25.1. The van der Waals surface area contributed by atoms with Crippen LogP contribution in [0, 0.1) is 0 Å². The lowest BCUT2D eigenvalue weighted by molar-refractivity contribution is -0.870. The molecule has 58 heavy (non-hydrogen) atoms. The van der Waals surface area contributed by atoms with E-state index in [4.69, 9.17) is 18.5 Å². The molecule has 0 aliphatic carbocycles. The smallest absolute Gasteiger partial charge is 0.306 e. The second-order valence-corrected chi connectivity index (χ2v) is 20.0. The Balaban J connectivity index is 4.07. The molecule has 0 saturated carbocycles. The van der Waals surface area contributed by atoms with Crippen LogP contribution in [0.4, 0.5) is 0 Å². The highest BCUT2D eigenvalue weighted by atomic mass is 31.2. The number of carbonyl (C=O) groups excluding carboxylic acids is 1. The van der Waals surface area contributed by atoms with E-state index in [1.807, 2.05) is 21.1 Å². The minimum Gasteiger partial charge on any atom is -0.756 e. The van der Waals surface area contributed by atoms with Crippen LogP contribution in [-0.2, 0) is 27.9 Å². The minimum absolute atomic E-state index is 0.0316. The second-order valence-electron chi connectivity index (χ2n) is 18.5. The molecule has 0 spiro atoms. The average Bonchev–Trinajstić information content (AvgIpc) is 3.18. The summed E-state index contributed by atoms with van der Waals surface area (Å²) in [5.41, 5.74) is 0. The summed E-state index contributed by atoms with van der Waals surface area (Å²) < 4.78 is 34.7. The molecule has 0 fully saturated rings. The Morgan fingerprint density at radius 3 is 1.14 bits per heavy atom. The molecule has 0 aliphatic heterocycles. The lowest BCUT2D eigenvalue weighted by Crippen LogP contribution is -2.37. The van der Waals surface area contributed by atoms with Gasteiger partial charge in [0, 0.05) is 13.0 Å². The van der Waals surface area contributed by atoms with Crippen molar-refractivity contribution in [3.05, 3.63) is 0 Å². The molecule has 0 N–H and O–H groups in total. The number of phosphoric acid groups is 1. The molecule has 0 bridgehead atoms. The van der Waals surface area contributed by atoms with Gasteiger partial charge in [0.2, 0.25) is 0 Å². The van der Waals surface area contributed by atoms with Gasteiger partial charge in [-0.1, -0.05) is 232 Å². The van der Waals surface area contributed by atoms with E-state index >= 15 is 0 Å². The van der Waals surface area contributed by atoms with Gasteiger partial charge in [-0.15, -0.1) is 0 Å². The van der Waals surface area contributed by atoms with Crippen molar-refractivity contribution in [1.29, 1.82) is 0 Å². The van der Waals surface area contributed by atoms with E-state index in [0.717, 1.165) is 32.1 Å². The molecule has 2 atom stereocenters. The van der Waals surface area contributed by atoms with Crippen LogP contribution < -0.4 is 4.89 Å².